The Bertz CT molecular complexity index is 424. The second kappa shape index (κ2) is 11.1. The third-order valence-corrected chi connectivity index (χ3v) is 2.97. The van der Waals surface area contributed by atoms with E-state index in [0.717, 1.165) is 44.6 Å². The summed E-state index contributed by atoms with van der Waals surface area (Å²) in [6.07, 6.45) is 3.21. The van der Waals surface area contributed by atoms with E-state index in [2.05, 4.69) is 22.5 Å². The number of halogens is 1. The minimum atomic E-state index is -0.221. The molecule has 0 amide bonds. The van der Waals surface area contributed by atoms with Crippen molar-refractivity contribution in [3.8, 4) is 0 Å². The third kappa shape index (κ3) is 8.30. The highest BCUT2D eigenvalue weighted by molar-refractivity contribution is 5.79. The summed E-state index contributed by atoms with van der Waals surface area (Å²) >= 11 is 0. The molecule has 0 spiro atoms. The molecule has 1 aromatic carbocycles. The zero-order valence-corrected chi connectivity index (χ0v) is 13.0. The number of aliphatic imine (C=N–C) groups is 1. The molecule has 2 N–H and O–H groups in total. The SMILES string of the molecule is CCCCOCCCNC(=NC)NCc1cccc(F)c1. The van der Waals surface area contributed by atoms with E-state index in [0.29, 0.717) is 12.5 Å². The third-order valence-electron chi connectivity index (χ3n) is 2.97. The van der Waals surface area contributed by atoms with Gasteiger partial charge in [0.25, 0.3) is 0 Å². The zero-order valence-electron chi connectivity index (χ0n) is 13.0. The second-order valence-electron chi connectivity index (χ2n) is 4.80. The number of hydrogen-bond donors (Lipinski definition) is 2. The molecule has 0 saturated carbocycles. The van der Waals surface area contributed by atoms with E-state index < -0.39 is 0 Å². The molecule has 0 radical (unpaired) electrons. The fraction of sp³-hybridized carbons (Fsp3) is 0.562. The molecule has 21 heavy (non-hydrogen) atoms. The van der Waals surface area contributed by atoms with Crippen LogP contribution in [0.5, 0.6) is 0 Å². The summed E-state index contributed by atoms with van der Waals surface area (Å²) in [5, 5.41) is 6.37. The molecule has 0 fully saturated rings. The maximum Gasteiger partial charge on any atom is 0.191 e. The van der Waals surface area contributed by atoms with Gasteiger partial charge in [0.05, 0.1) is 0 Å². The predicted molar refractivity (Wildman–Crippen MR) is 84.9 cm³/mol. The van der Waals surface area contributed by atoms with E-state index in [1.165, 1.54) is 12.1 Å². The van der Waals surface area contributed by atoms with Gasteiger partial charge in [-0.2, -0.15) is 0 Å². The smallest absolute Gasteiger partial charge is 0.191 e. The lowest BCUT2D eigenvalue weighted by Crippen LogP contribution is -2.37. The molecule has 0 saturated heterocycles. The Hall–Kier alpha value is -1.62. The van der Waals surface area contributed by atoms with Gasteiger partial charge in [-0.15, -0.1) is 0 Å². The second-order valence-corrected chi connectivity index (χ2v) is 4.80. The van der Waals surface area contributed by atoms with E-state index in [1.54, 1.807) is 13.1 Å². The van der Waals surface area contributed by atoms with E-state index in [1.807, 2.05) is 6.07 Å². The van der Waals surface area contributed by atoms with Crippen LogP contribution in [-0.4, -0.2) is 32.8 Å². The van der Waals surface area contributed by atoms with E-state index in [4.69, 9.17) is 4.74 Å². The van der Waals surface area contributed by atoms with Crippen molar-refractivity contribution in [2.24, 2.45) is 4.99 Å². The van der Waals surface area contributed by atoms with Crippen LogP contribution in [-0.2, 0) is 11.3 Å². The molecule has 0 aliphatic carbocycles. The lowest BCUT2D eigenvalue weighted by molar-refractivity contribution is 0.129. The molecule has 0 aliphatic heterocycles. The highest BCUT2D eigenvalue weighted by Crippen LogP contribution is 2.02. The average Bonchev–Trinajstić information content (AvgIpc) is 2.49. The molecule has 0 heterocycles. The van der Waals surface area contributed by atoms with Crippen LogP contribution in [0.3, 0.4) is 0 Å². The Labute approximate surface area is 126 Å². The van der Waals surface area contributed by atoms with Crippen molar-refractivity contribution in [2.45, 2.75) is 32.7 Å². The molecule has 0 atom stereocenters. The number of nitrogens with one attached hydrogen (secondary N) is 2. The minimum Gasteiger partial charge on any atom is -0.381 e. The monoisotopic (exact) mass is 295 g/mol. The molecule has 0 unspecified atom stereocenters. The van der Waals surface area contributed by atoms with Gasteiger partial charge in [0.1, 0.15) is 5.82 Å². The fourth-order valence-electron chi connectivity index (χ4n) is 1.78. The van der Waals surface area contributed by atoms with Gasteiger partial charge < -0.3 is 15.4 Å². The van der Waals surface area contributed by atoms with Crippen LogP contribution < -0.4 is 10.6 Å². The molecular formula is C16H26FN3O. The van der Waals surface area contributed by atoms with Gasteiger partial charge in [0, 0.05) is 33.4 Å². The van der Waals surface area contributed by atoms with Crippen LogP contribution in [0.1, 0.15) is 31.7 Å². The first-order valence-electron chi connectivity index (χ1n) is 7.53. The minimum absolute atomic E-state index is 0.221. The Morgan fingerprint density at radius 2 is 2.05 bits per heavy atom. The Kier molecular flexibility index (Phi) is 9.20. The largest absolute Gasteiger partial charge is 0.381 e. The van der Waals surface area contributed by atoms with Crippen molar-refractivity contribution in [3.63, 3.8) is 0 Å². The maximum atomic E-state index is 13.1. The Balaban J connectivity index is 2.15. The normalized spacial score (nSPS) is 11.5. The van der Waals surface area contributed by atoms with Crippen LogP contribution in [0.25, 0.3) is 0 Å². The van der Waals surface area contributed by atoms with E-state index >= 15 is 0 Å². The first-order chi connectivity index (χ1) is 10.3. The van der Waals surface area contributed by atoms with Crippen LogP contribution in [0, 0.1) is 5.82 Å². The number of benzene rings is 1. The van der Waals surface area contributed by atoms with Crippen molar-refractivity contribution in [3.05, 3.63) is 35.6 Å². The number of ether oxygens (including phenoxy) is 1. The van der Waals surface area contributed by atoms with Crippen LogP contribution >= 0.6 is 0 Å². The summed E-state index contributed by atoms with van der Waals surface area (Å²) in [5.74, 6) is 0.495. The van der Waals surface area contributed by atoms with Crippen molar-refractivity contribution in [2.75, 3.05) is 26.8 Å². The summed E-state index contributed by atoms with van der Waals surface area (Å²) < 4.78 is 18.6. The van der Waals surface area contributed by atoms with Crippen molar-refractivity contribution >= 4 is 5.96 Å². The van der Waals surface area contributed by atoms with Crippen molar-refractivity contribution in [1.82, 2.24) is 10.6 Å². The van der Waals surface area contributed by atoms with E-state index in [-0.39, 0.29) is 5.82 Å². The lowest BCUT2D eigenvalue weighted by Gasteiger charge is -2.12. The zero-order chi connectivity index (χ0) is 15.3. The molecule has 1 aromatic rings. The Morgan fingerprint density at radius 1 is 1.24 bits per heavy atom. The van der Waals surface area contributed by atoms with Crippen LogP contribution in [0.15, 0.2) is 29.3 Å². The van der Waals surface area contributed by atoms with Gasteiger partial charge in [-0.25, -0.2) is 4.39 Å². The highest BCUT2D eigenvalue weighted by Gasteiger charge is 1.99. The van der Waals surface area contributed by atoms with Gasteiger partial charge in [0.15, 0.2) is 5.96 Å². The molecule has 0 aliphatic rings. The molecule has 5 heteroatoms. The molecule has 0 bridgehead atoms. The summed E-state index contributed by atoms with van der Waals surface area (Å²) in [4.78, 5) is 4.13. The van der Waals surface area contributed by atoms with Gasteiger partial charge in [-0.1, -0.05) is 25.5 Å². The van der Waals surface area contributed by atoms with Gasteiger partial charge in [-0.3, -0.25) is 4.99 Å². The molecule has 118 valence electrons. The summed E-state index contributed by atoms with van der Waals surface area (Å²) in [5.41, 5.74) is 0.890. The average molecular weight is 295 g/mol. The lowest BCUT2D eigenvalue weighted by atomic mass is 10.2. The van der Waals surface area contributed by atoms with E-state index in [9.17, 15) is 4.39 Å². The standard InChI is InChI=1S/C16H26FN3O/c1-3-4-10-21-11-6-9-19-16(18-2)20-13-14-7-5-8-15(17)12-14/h5,7-8,12H,3-4,6,9-11,13H2,1-2H3,(H2,18,19,20). The number of guanidine groups is 1. The van der Waals surface area contributed by atoms with Crippen LogP contribution in [0.2, 0.25) is 0 Å². The quantitative estimate of drug-likeness (QED) is 0.418. The number of nitrogens with zero attached hydrogens (tertiary/aromatic N) is 1. The van der Waals surface area contributed by atoms with Crippen molar-refractivity contribution in [1.29, 1.82) is 0 Å². The van der Waals surface area contributed by atoms with Crippen molar-refractivity contribution < 1.29 is 9.13 Å². The summed E-state index contributed by atoms with van der Waals surface area (Å²) in [6.45, 7) is 5.09. The first kappa shape index (κ1) is 17.4. The van der Waals surface area contributed by atoms with Crippen LogP contribution in [0.4, 0.5) is 4.39 Å². The Morgan fingerprint density at radius 3 is 2.76 bits per heavy atom. The number of rotatable bonds is 9. The van der Waals surface area contributed by atoms with Gasteiger partial charge in [-0.05, 0) is 30.5 Å². The molecule has 4 nitrogen and oxygen atoms in total. The number of unbranched alkanes of at least 4 members (excludes halogenated alkanes) is 1. The highest BCUT2D eigenvalue weighted by atomic mass is 19.1. The summed E-state index contributed by atoms with van der Waals surface area (Å²) in [7, 11) is 1.72. The summed E-state index contributed by atoms with van der Waals surface area (Å²) in [6, 6.07) is 6.54. The van der Waals surface area contributed by atoms with Gasteiger partial charge >= 0.3 is 0 Å². The topological polar surface area (TPSA) is 45.6 Å². The molecule has 0 aromatic heterocycles. The fourth-order valence-corrected chi connectivity index (χ4v) is 1.78. The maximum absolute atomic E-state index is 13.1. The van der Waals surface area contributed by atoms with Gasteiger partial charge in [0.2, 0.25) is 0 Å². The molecule has 1 rings (SSSR count). The first-order valence-corrected chi connectivity index (χ1v) is 7.53. The molecular weight excluding hydrogens is 269 g/mol. The predicted octanol–water partition coefficient (Wildman–Crippen LogP) is 2.70. The number of hydrogen-bond acceptors (Lipinski definition) is 2.